The van der Waals surface area contributed by atoms with Gasteiger partial charge in [-0.05, 0) is 35.7 Å². The van der Waals surface area contributed by atoms with Crippen molar-refractivity contribution in [2.24, 2.45) is 0 Å². The molecule has 0 aliphatic rings. The fourth-order valence-electron chi connectivity index (χ4n) is 2.74. The highest BCUT2D eigenvalue weighted by atomic mass is 32.2. The highest BCUT2D eigenvalue weighted by Gasteiger charge is 2.18. The van der Waals surface area contributed by atoms with Gasteiger partial charge in [-0.2, -0.15) is 11.3 Å². The van der Waals surface area contributed by atoms with Crippen LogP contribution in [0.2, 0.25) is 0 Å². The Morgan fingerprint density at radius 1 is 1.07 bits per heavy atom. The third-order valence-electron chi connectivity index (χ3n) is 4.17. The summed E-state index contributed by atoms with van der Waals surface area (Å²) in [7, 11) is 1.64. The lowest BCUT2D eigenvalue weighted by Gasteiger charge is -2.10. The second-order valence-corrected chi connectivity index (χ2v) is 7.65. The number of thiophene rings is 1. The number of Topliss-reactive ketones (excluding diaryl/α,β-unsaturated/α-hetero) is 1. The van der Waals surface area contributed by atoms with Gasteiger partial charge in [-0.3, -0.25) is 9.36 Å². The van der Waals surface area contributed by atoms with Gasteiger partial charge >= 0.3 is 0 Å². The Morgan fingerprint density at radius 2 is 1.86 bits per heavy atom. The maximum absolute atomic E-state index is 12.5. The summed E-state index contributed by atoms with van der Waals surface area (Å²) in [5, 5.41) is 13.5. The number of hydrogen-bond donors (Lipinski definition) is 0. The van der Waals surface area contributed by atoms with Crippen molar-refractivity contribution >= 4 is 28.9 Å². The van der Waals surface area contributed by atoms with Gasteiger partial charge in [-0.25, -0.2) is 0 Å². The Hall–Kier alpha value is -2.90. The largest absolute Gasteiger partial charge is 0.497 e. The van der Waals surface area contributed by atoms with E-state index >= 15 is 0 Å². The quantitative estimate of drug-likeness (QED) is 0.319. The zero-order valence-electron chi connectivity index (χ0n) is 15.1. The van der Waals surface area contributed by atoms with E-state index in [4.69, 9.17) is 4.74 Å². The predicted molar refractivity (Wildman–Crippen MR) is 113 cm³/mol. The van der Waals surface area contributed by atoms with E-state index in [0.29, 0.717) is 16.5 Å². The first-order valence-corrected chi connectivity index (χ1v) is 10.5. The molecule has 2 heterocycles. The molecule has 0 aliphatic carbocycles. The minimum absolute atomic E-state index is 0.0620. The van der Waals surface area contributed by atoms with Crippen molar-refractivity contribution < 1.29 is 9.53 Å². The third-order valence-corrected chi connectivity index (χ3v) is 5.78. The maximum atomic E-state index is 12.5. The first kappa shape index (κ1) is 18.5. The lowest BCUT2D eigenvalue weighted by atomic mass is 10.2. The van der Waals surface area contributed by atoms with Crippen LogP contribution in [0.15, 0.2) is 76.6 Å². The molecule has 0 unspecified atom stereocenters. The second-order valence-electron chi connectivity index (χ2n) is 5.93. The van der Waals surface area contributed by atoms with Crippen LogP contribution in [0, 0.1) is 0 Å². The smallest absolute Gasteiger partial charge is 0.196 e. The van der Waals surface area contributed by atoms with Gasteiger partial charge in [-0.1, -0.05) is 42.1 Å². The molecule has 5 nitrogen and oxygen atoms in total. The van der Waals surface area contributed by atoms with Gasteiger partial charge in [0.15, 0.2) is 16.8 Å². The molecule has 4 aromatic rings. The monoisotopic (exact) mass is 407 g/mol. The van der Waals surface area contributed by atoms with E-state index in [9.17, 15) is 4.79 Å². The van der Waals surface area contributed by atoms with Gasteiger partial charge in [0, 0.05) is 22.2 Å². The maximum Gasteiger partial charge on any atom is 0.196 e. The average Bonchev–Trinajstić information content (AvgIpc) is 3.42. The van der Waals surface area contributed by atoms with E-state index in [2.05, 4.69) is 10.2 Å². The number of nitrogens with zero attached hydrogens (tertiary/aromatic N) is 3. The minimum atomic E-state index is 0.0620. The van der Waals surface area contributed by atoms with Gasteiger partial charge < -0.3 is 4.74 Å². The van der Waals surface area contributed by atoms with E-state index in [-0.39, 0.29) is 5.78 Å². The number of thioether (sulfide) groups is 1. The topological polar surface area (TPSA) is 57.0 Å². The molecule has 7 heteroatoms. The van der Waals surface area contributed by atoms with Gasteiger partial charge in [-0.15, -0.1) is 10.2 Å². The fourth-order valence-corrected chi connectivity index (χ4v) is 4.22. The number of carbonyl (C=O) groups excluding carboxylic acids is 1. The summed E-state index contributed by atoms with van der Waals surface area (Å²) in [4.78, 5) is 12.5. The first-order valence-electron chi connectivity index (χ1n) is 8.60. The van der Waals surface area contributed by atoms with E-state index in [1.165, 1.54) is 11.8 Å². The van der Waals surface area contributed by atoms with Crippen molar-refractivity contribution in [1.29, 1.82) is 0 Å². The van der Waals surface area contributed by atoms with E-state index < -0.39 is 0 Å². The van der Waals surface area contributed by atoms with Crippen molar-refractivity contribution in [3.05, 3.63) is 77.0 Å². The van der Waals surface area contributed by atoms with Crippen LogP contribution in [0.25, 0.3) is 17.1 Å². The molecule has 0 atom stereocenters. The summed E-state index contributed by atoms with van der Waals surface area (Å²) < 4.78 is 7.24. The Bertz CT molecular complexity index is 1060. The zero-order chi connectivity index (χ0) is 19.3. The molecule has 0 bridgehead atoms. The molecule has 2 aromatic carbocycles. The predicted octanol–water partition coefficient (Wildman–Crippen LogP) is 4.98. The molecular weight excluding hydrogens is 390 g/mol. The van der Waals surface area contributed by atoms with Crippen molar-refractivity contribution in [3.63, 3.8) is 0 Å². The van der Waals surface area contributed by atoms with Crippen LogP contribution in [0.3, 0.4) is 0 Å². The molecule has 0 spiro atoms. The number of benzene rings is 2. The summed E-state index contributed by atoms with van der Waals surface area (Å²) in [5.41, 5.74) is 2.61. The van der Waals surface area contributed by atoms with Crippen LogP contribution < -0.4 is 4.74 Å². The fraction of sp³-hybridized carbons (Fsp3) is 0.0952. The lowest BCUT2D eigenvalue weighted by molar-refractivity contribution is 0.102. The summed E-state index contributed by atoms with van der Waals surface area (Å²) in [6.45, 7) is 0. The summed E-state index contributed by atoms with van der Waals surface area (Å²) >= 11 is 2.99. The molecule has 28 heavy (non-hydrogen) atoms. The van der Waals surface area contributed by atoms with Crippen LogP contribution in [0.5, 0.6) is 5.75 Å². The molecule has 0 amide bonds. The van der Waals surface area contributed by atoms with Crippen LogP contribution in [0.4, 0.5) is 0 Å². The van der Waals surface area contributed by atoms with Crippen molar-refractivity contribution in [2.75, 3.05) is 12.9 Å². The van der Waals surface area contributed by atoms with Crippen molar-refractivity contribution in [3.8, 4) is 22.8 Å². The highest BCUT2D eigenvalue weighted by molar-refractivity contribution is 7.99. The number of carbonyl (C=O) groups is 1. The number of hydrogen-bond acceptors (Lipinski definition) is 6. The highest BCUT2D eigenvalue weighted by Crippen LogP contribution is 2.30. The summed E-state index contributed by atoms with van der Waals surface area (Å²) in [6.07, 6.45) is 0. The molecule has 0 fully saturated rings. The van der Waals surface area contributed by atoms with E-state index in [0.717, 1.165) is 22.8 Å². The summed E-state index contributed by atoms with van der Waals surface area (Å²) in [6, 6.07) is 19.0. The molecule has 0 N–H and O–H groups in total. The van der Waals surface area contributed by atoms with Crippen LogP contribution >= 0.6 is 23.1 Å². The van der Waals surface area contributed by atoms with E-state index in [1.807, 2.05) is 76.0 Å². The van der Waals surface area contributed by atoms with Gasteiger partial charge in [0.2, 0.25) is 0 Å². The van der Waals surface area contributed by atoms with Gasteiger partial charge in [0.05, 0.1) is 12.9 Å². The molecular formula is C21H17N3O2S2. The Balaban J connectivity index is 1.66. The van der Waals surface area contributed by atoms with Gasteiger partial charge in [0.1, 0.15) is 5.75 Å². The molecule has 0 saturated heterocycles. The number of ketones is 1. The Labute approximate surface area is 171 Å². The Morgan fingerprint density at radius 3 is 2.54 bits per heavy atom. The molecule has 0 saturated carbocycles. The number of rotatable bonds is 7. The van der Waals surface area contributed by atoms with Crippen molar-refractivity contribution in [1.82, 2.24) is 14.8 Å². The number of methoxy groups -OCH3 is 1. The average molecular weight is 408 g/mol. The van der Waals surface area contributed by atoms with Crippen molar-refractivity contribution in [2.45, 2.75) is 5.16 Å². The normalized spacial score (nSPS) is 10.8. The molecule has 0 radical (unpaired) electrons. The number of ether oxygens (including phenoxy) is 1. The third kappa shape index (κ3) is 3.85. The first-order chi connectivity index (χ1) is 13.8. The molecule has 140 valence electrons. The number of aromatic nitrogens is 3. The Kier molecular flexibility index (Phi) is 5.55. The van der Waals surface area contributed by atoms with Crippen LogP contribution in [-0.2, 0) is 0 Å². The zero-order valence-corrected chi connectivity index (χ0v) is 16.7. The molecule has 4 rings (SSSR count). The minimum Gasteiger partial charge on any atom is -0.497 e. The second kappa shape index (κ2) is 8.41. The van der Waals surface area contributed by atoms with Crippen LogP contribution in [-0.4, -0.2) is 33.4 Å². The van der Waals surface area contributed by atoms with E-state index in [1.54, 1.807) is 18.4 Å². The molecule has 2 aromatic heterocycles. The van der Waals surface area contributed by atoms with Gasteiger partial charge in [0.25, 0.3) is 0 Å². The lowest BCUT2D eigenvalue weighted by Crippen LogP contribution is -2.04. The van der Waals surface area contributed by atoms with Crippen LogP contribution in [0.1, 0.15) is 10.4 Å². The summed E-state index contributed by atoms with van der Waals surface area (Å²) in [5.74, 6) is 1.89. The molecule has 0 aliphatic heterocycles. The standard InChI is InChI=1S/C21H17N3O2S2/c1-26-18-9-7-17(8-10-18)24-20(16-11-12-27-13-16)22-23-21(24)28-14-19(25)15-5-3-2-4-6-15/h2-13H,14H2,1H3. The SMILES string of the molecule is COc1ccc(-n2c(SCC(=O)c3ccccc3)nnc2-c2ccsc2)cc1.